The number of hydrogen-bond donors (Lipinski definition) is 0. The fourth-order valence-corrected chi connectivity index (χ4v) is 5.49. The Bertz CT molecular complexity index is 630. The van der Waals surface area contributed by atoms with E-state index in [1.165, 1.54) is 36.0 Å². The van der Waals surface area contributed by atoms with E-state index in [2.05, 4.69) is 60.6 Å². The monoisotopic (exact) mass is 312 g/mol. The van der Waals surface area contributed by atoms with Gasteiger partial charge in [-0.15, -0.1) is 0 Å². The van der Waals surface area contributed by atoms with Gasteiger partial charge in [0, 0.05) is 5.31 Å². The van der Waals surface area contributed by atoms with E-state index in [0.29, 0.717) is 5.41 Å². The molecule has 1 aromatic rings. The zero-order valence-electron chi connectivity index (χ0n) is 15.7. The van der Waals surface area contributed by atoms with Gasteiger partial charge in [-0.3, -0.25) is 0 Å². The van der Waals surface area contributed by atoms with Crippen LogP contribution in [0.1, 0.15) is 69.2 Å². The predicted octanol–water partition coefficient (Wildman–Crippen LogP) is 4.88. The third kappa shape index (κ3) is 1.90. The summed E-state index contributed by atoms with van der Waals surface area (Å²) in [5.74, 6) is 0. The highest BCUT2D eigenvalue weighted by atomic mass is 16.7. The van der Waals surface area contributed by atoms with Crippen molar-refractivity contribution in [3.05, 3.63) is 34.4 Å². The number of benzene rings is 1. The first kappa shape index (κ1) is 15.7. The fourth-order valence-electron chi connectivity index (χ4n) is 5.49. The van der Waals surface area contributed by atoms with Crippen LogP contribution in [0, 0.1) is 20.8 Å². The summed E-state index contributed by atoms with van der Waals surface area (Å²) in [5.41, 5.74) is 5.86. The van der Waals surface area contributed by atoms with Crippen LogP contribution in [0.4, 0.5) is 0 Å². The van der Waals surface area contributed by atoms with E-state index in [0.717, 1.165) is 0 Å². The lowest BCUT2D eigenvalue weighted by atomic mass is 9.23. The zero-order chi connectivity index (χ0) is 16.8. The maximum absolute atomic E-state index is 6.35. The van der Waals surface area contributed by atoms with Crippen LogP contribution in [0.15, 0.2) is 12.1 Å². The van der Waals surface area contributed by atoms with Gasteiger partial charge in [-0.2, -0.15) is 0 Å². The largest absolute Gasteiger partial charge is 0.464 e. The summed E-state index contributed by atoms with van der Waals surface area (Å²) in [5, 5.41) is 0.259. The van der Waals surface area contributed by atoms with E-state index < -0.39 is 0 Å². The molecule has 4 fully saturated rings. The molecule has 2 bridgehead atoms. The molecule has 3 heteroatoms. The lowest BCUT2D eigenvalue weighted by Gasteiger charge is -2.72. The van der Waals surface area contributed by atoms with E-state index in [-0.39, 0.29) is 23.6 Å². The standard InChI is InChI=1S/C20H29BO2/c1-13-8-14(2)16(15(3)9-13)19-10-20(11-19,12-19)21-22-17(4,5)18(6,7)23-21/h8-9H,10-12H2,1-7H3. The number of aryl methyl sites for hydroxylation is 3. The molecule has 3 aliphatic carbocycles. The molecule has 3 saturated carbocycles. The molecule has 4 aliphatic rings. The summed E-state index contributed by atoms with van der Waals surface area (Å²) in [6, 6.07) is 4.67. The molecule has 0 spiro atoms. The molecule has 23 heavy (non-hydrogen) atoms. The Kier molecular flexibility index (Phi) is 2.89. The van der Waals surface area contributed by atoms with Gasteiger partial charge in [-0.05, 0) is 89.8 Å². The van der Waals surface area contributed by atoms with Crippen molar-refractivity contribution in [2.45, 2.75) is 89.7 Å². The maximum Gasteiger partial charge on any atom is 0.464 e. The molecule has 0 unspecified atom stereocenters. The topological polar surface area (TPSA) is 18.5 Å². The van der Waals surface area contributed by atoms with Gasteiger partial charge < -0.3 is 9.31 Å². The molecule has 1 saturated heterocycles. The second kappa shape index (κ2) is 4.24. The highest BCUT2D eigenvalue weighted by Gasteiger charge is 2.77. The molecule has 0 radical (unpaired) electrons. The van der Waals surface area contributed by atoms with E-state index >= 15 is 0 Å². The highest BCUT2D eigenvalue weighted by Crippen LogP contribution is 2.81. The Morgan fingerprint density at radius 1 is 0.826 bits per heavy atom. The lowest BCUT2D eigenvalue weighted by Crippen LogP contribution is -2.66. The summed E-state index contributed by atoms with van der Waals surface area (Å²) in [6.45, 7) is 15.4. The van der Waals surface area contributed by atoms with Crippen molar-refractivity contribution in [2.24, 2.45) is 0 Å². The minimum atomic E-state index is -0.212. The van der Waals surface area contributed by atoms with Gasteiger partial charge in [0.15, 0.2) is 0 Å². The van der Waals surface area contributed by atoms with Gasteiger partial charge in [0.2, 0.25) is 0 Å². The van der Waals surface area contributed by atoms with E-state index in [1.54, 1.807) is 5.56 Å². The molecule has 0 N–H and O–H groups in total. The smallest absolute Gasteiger partial charge is 0.403 e. The van der Waals surface area contributed by atoms with Crippen molar-refractivity contribution in [3.8, 4) is 0 Å². The normalized spacial score (nSPS) is 36.6. The minimum Gasteiger partial charge on any atom is -0.403 e. The molecular weight excluding hydrogens is 283 g/mol. The zero-order valence-corrected chi connectivity index (χ0v) is 15.7. The number of rotatable bonds is 2. The van der Waals surface area contributed by atoms with Crippen molar-refractivity contribution in [1.82, 2.24) is 0 Å². The molecule has 0 atom stereocenters. The third-order valence-electron chi connectivity index (χ3n) is 7.03. The van der Waals surface area contributed by atoms with Crippen molar-refractivity contribution in [3.63, 3.8) is 0 Å². The maximum atomic E-state index is 6.35. The molecular formula is C20H29BO2. The van der Waals surface area contributed by atoms with Crippen LogP contribution >= 0.6 is 0 Å². The molecule has 5 rings (SSSR count). The van der Waals surface area contributed by atoms with Crippen LogP contribution < -0.4 is 0 Å². The summed E-state index contributed by atoms with van der Waals surface area (Å²) >= 11 is 0. The van der Waals surface area contributed by atoms with Gasteiger partial charge in [-0.1, -0.05) is 17.7 Å². The minimum absolute atomic E-state index is 0.0274. The van der Waals surface area contributed by atoms with Gasteiger partial charge in [-0.25, -0.2) is 0 Å². The molecule has 1 heterocycles. The second-order valence-corrected chi connectivity index (χ2v) is 9.54. The molecule has 124 valence electrons. The summed E-state index contributed by atoms with van der Waals surface area (Å²) in [4.78, 5) is 0. The SMILES string of the molecule is Cc1cc(C)c(C23CC(B4OC(C)(C)C(C)(C)O4)(C2)C3)c(C)c1. The van der Waals surface area contributed by atoms with Crippen LogP contribution in [0.2, 0.25) is 5.31 Å². The molecule has 0 aromatic heterocycles. The highest BCUT2D eigenvalue weighted by molar-refractivity contribution is 6.51. The Labute approximate surface area is 141 Å². The van der Waals surface area contributed by atoms with Crippen molar-refractivity contribution >= 4 is 7.12 Å². The van der Waals surface area contributed by atoms with Crippen LogP contribution in [0.3, 0.4) is 0 Å². The first-order valence-electron chi connectivity index (χ1n) is 8.94. The second-order valence-electron chi connectivity index (χ2n) is 9.54. The molecule has 1 aromatic carbocycles. The van der Waals surface area contributed by atoms with Crippen LogP contribution in [0.5, 0.6) is 0 Å². The average Bonchev–Trinajstić information content (AvgIpc) is 2.47. The Morgan fingerprint density at radius 2 is 1.26 bits per heavy atom. The average molecular weight is 312 g/mol. The van der Waals surface area contributed by atoms with Crippen molar-refractivity contribution < 1.29 is 9.31 Å². The van der Waals surface area contributed by atoms with Gasteiger partial charge >= 0.3 is 7.12 Å². The predicted molar refractivity (Wildman–Crippen MR) is 95.0 cm³/mol. The summed E-state index contributed by atoms with van der Waals surface area (Å²) in [7, 11) is -0.0274. The van der Waals surface area contributed by atoms with Crippen LogP contribution in [0.25, 0.3) is 0 Å². The van der Waals surface area contributed by atoms with E-state index in [4.69, 9.17) is 9.31 Å². The van der Waals surface area contributed by atoms with Crippen molar-refractivity contribution in [2.75, 3.05) is 0 Å². The van der Waals surface area contributed by atoms with Crippen molar-refractivity contribution in [1.29, 1.82) is 0 Å². The lowest BCUT2D eigenvalue weighted by molar-refractivity contribution is -0.0392. The number of hydrogen-bond acceptors (Lipinski definition) is 2. The van der Waals surface area contributed by atoms with Gasteiger partial charge in [0.05, 0.1) is 11.2 Å². The Hall–Kier alpha value is -0.795. The first-order valence-corrected chi connectivity index (χ1v) is 8.94. The Morgan fingerprint density at radius 3 is 1.70 bits per heavy atom. The van der Waals surface area contributed by atoms with Crippen LogP contribution in [-0.2, 0) is 14.7 Å². The van der Waals surface area contributed by atoms with Gasteiger partial charge in [0.25, 0.3) is 0 Å². The fraction of sp³-hybridized carbons (Fsp3) is 0.700. The van der Waals surface area contributed by atoms with E-state index in [9.17, 15) is 0 Å². The summed E-state index contributed by atoms with van der Waals surface area (Å²) in [6.07, 6.45) is 3.67. The molecule has 1 aliphatic heterocycles. The molecule has 0 amide bonds. The Balaban J connectivity index is 1.56. The third-order valence-corrected chi connectivity index (χ3v) is 7.03. The first-order chi connectivity index (χ1) is 10.5. The van der Waals surface area contributed by atoms with E-state index in [1.807, 2.05) is 0 Å². The summed E-state index contributed by atoms with van der Waals surface area (Å²) < 4.78 is 12.7. The molecule has 2 nitrogen and oxygen atoms in total. The quantitative estimate of drug-likeness (QED) is 0.725. The van der Waals surface area contributed by atoms with Crippen LogP contribution in [-0.4, -0.2) is 18.3 Å². The van der Waals surface area contributed by atoms with Gasteiger partial charge in [0.1, 0.15) is 0 Å².